The van der Waals surface area contributed by atoms with E-state index in [2.05, 4.69) is 55.8 Å². The summed E-state index contributed by atoms with van der Waals surface area (Å²) in [6.45, 7) is 9.57. The number of aromatic nitrogens is 1. The van der Waals surface area contributed by atoms with Crippen LogP contribution in [0.4, 0.5) is 0 Å². The molecular formula is C17H24N2O. The van der Waals surface area contributed by atoms with Gasteiger partial charge in [-0.25, -0.2) is 0 Å². The first-order chi connectivity index (χ1) is 9.52. The Morgan fingerprint density at radius 3 is 2.35 bits per heavy atom. The third-order valence-electron chi connectivity index (χ3n) is 3.57. The van der Waals surface area contributed by atoms with Gasteiger partial charge >= 0.3 is 0 Å². The van der Waals surface area contributed by atoms with Gasteiger partial charge in [-0.3, -0.25) is 0 Å². The molecule has 2 rings (SSSR count). The van der Waals surface area contributed by atoms with Crippen LogP contribution in [0, 0.1) is 13.8 Å². The van der Waals surface area contributed by atoms with Crippen molar-refractivity contribution in [3.63, 3.8) is 0 Å². The minimum absolute atomic E-state index is 0.499. The molecule has 0 radical (unpaired) electrons. The van der Waals surface area contributed by atoms with E-state index < -0.39 is 0 Å². The quantitative estimate of drug-likeness (QED) is 0.900. The third kappa shape index (κ3) is 3.05. The maximum Gasteiger partial charge on any atom is 0.119 e. The number of aryl methyl sites for hydroxylation is 1. The van der Waals surface area contributed by atoms with Crippen molar-refractivity contribution in [1.29, 1.82) is 0 Å². The summed E-state index contributed by atoms with van der Waals surface area (Å²) in [4.78, 5) is 0. The zero-order chi connectivity index (χ0) is 14.7. The average molecular weight is 272 g/mol. The van der Waals surface area contributed by atoms with Crippen molar-refractivity contribution in [2.45, 2.75) is 40.3 Å². The van der Waals surface area contributed by atoms with Gasteiger partial charge in [-0.1, -0.05) is 13.8 Å². The van der Waals surface area contributed by atoms with E-state index in [-0.39, 0.29) is 0 Å². The fraction of sp³-hybridized carbons (Fsp3) is 0.412. The van der Waals surface area contributed by atoms with E-state index in [0.29, 0.717) is 6.04 Å². The van der Waals surface area contributed by atoms with Gasteiger partial charge in [-0.2, -0.15) is 0 Å². The van der Waals surface area contributed by atoms with Crippen LogP contribution in [-0.4, -0.2) is 17.7 Å². The lowest BCUT2D eigenvalue weighted by molar-refractivity contribution is 0.414. The first-order valence-corrected chi connectivity index (χ1v) is 7.08. The molecular weight excluding hydrogens is 248 g/mol. The molecule has 1 N–H and O–H groups in total. The topological polar surface area (TPSA) is 26.2 Å². The van der Waals surface area contributed by atoms with Gasteiger partial charge in [0.1, 0.15) is 5.75 Å². The maximum atomic E-state index is 5.22. The highest BCUT2D eigenvalue weighted by Crippen LogP contribution is 2.22. The minimum Gasteiger partial charge on any atom is -0.497 e. The van der Waals surface area contributed by atoms with Gasteiger partial charge in [0.05, 0.1) is 7.11 Å². The van der Waals surface area contributed by atoms with Crippen LogP contribution in [0.1, 0.15) is 30.8 Å². The van der Waals surface area contributed by atoms with E-state index in [1.54, 1.807) is 7.11 Å². The molecule has 108 valence electrons. The molecule has 0 aliphatic heterocycles. The van der Waals surface area contributed by atoms with Gasteiger partial charge < -0.3 is 14.6 Å². The Kier molecular flexibility index (Phi) is 4.50. The molecule has 0 spiro atoms. The number of nitrogens with zero attached hydrogens (tertiary/aromatic N) is 1. The van der Waals surface area contributed by atoms with Gasteiger partial charge in [0.15, 0.2) is 0 Å². The number of hydrogen-bond donors (Lipinski definition) is 1. The Bertz CT molecular complexity index is 567. The van der Waals surface area contributed by atoms with Crippen LogP contribution in [0.3, 0.4) is 0 Å². The van der Waals surface area contributed by atoms with Crippen molar-refractivity contribution < 1.29 is 4.74 Å². The summed E-state index contributed by atoms with van der Waals surface area (Å²) >= 11 is 0. The molecule has 1 heterocycles. The molecule has 3 heteroatoms. The highest BCUT2D eigenvalue weighted by molar-refractivity contribution is 5.43. The molecule has 20 heavy (non-hydrogen) atoms. The van der Waals surface area contributed by atoms with Crippen LogP contribution < -0.4 is 10.1 Å². The Balaban J connectivity index is 2.31. The molecule has 1 aromatic carbocycles. The first-order valence-electron chi connectivity index (χ1n) is 7.08. The second-order valence-electron chi connectivity index (χ2n) is 5.47. The van der Waals surface area contributed by atoms with E-state index in [0.717, 1.165) is 12.3 Å². The summed E-state index contributed by atoms with van der Waals surface area (Å²) in [5.41, 5.74) is 5.08. The predicted octanol–water partition coefficient (Wildman–Crippen LogP) is 3.60. The fourth-order valence-corrected chi connectivity index (χ4v) is 2.45. The van der Waals surface area contributed by atoms with Crippen molar-refractivity contribution in [2.24, 2.45) is 0 Å². The van der Waals surface area contributed by atoms with Crippen LogP contribution >= 0.6 is 0 Å². The number of ether oxygens (including phenoxy) is 1. The zero-order valence-corrected chi connectivity index (χ0v) is 13.0. The summed E-state index contributed by atoms with van der Waals surface area (Å²) in [6.07, 6.45) is 0. The molecule has 0 aliphatic rings. The predicted molar refractivity (Wildman–Crippen MR) is 83.8 cm³/mol. The Morgan fingerprint density at radius 1 is 1.15 bits per heavy atom. The zero-order valence-electron chi connectivity index (χ0n) is 13.0. The first kappa shape index (κ1) is 14.7. The molecule has 3 nitrogen and oxygen atoms in total. The van der Waals surface area contributed by atoms with Crippen molar-refractivity contribution in [3.05, 3.63) is 47.3 Å². The second kappa shape index (κ2) is 6.14. The normalized spacial score (nSPS) is 11.1. The summed E-state index contributed by atoms with van der Waals surface area (Å²) in [7, 11) is 1.69. The van der Waals surface area contributed by atoms with E-state index in [1.807, 2.05) is 12.1 Å². The highest BCUT2D eigenvalue weighted by atomic mass is 16.5. The number of benzene rings is 1. The Labute approximate surface area is 121 Å². The molecule has 0 saturated heterocycles. The molecule has 0 amide bonds. The third-order valence-corrected chi connectivity index (χ3v) is 3.57. The van der Waals surface area contributed by atoms with Crippen molar-refractivity contribution in [1.82, 2.24) is 9.88 Å². The van der Waals surface area contributed by atoms with E-state index >= 15 is 0 Å². The molecule has 0 atom stereocenters. The Morgan fingerprint density at radius 2 is 1.80 bits per heavy atom. The second-order valence-corrected chi connectivity index (χ2v) is 5.47. The molecule has 0 unspecified atom stereocenters. The van der Waals surface area contributed by atoms with E-state index in [4.69, 9.17) is 4.74 Å². The molecule has 0 bridgehead atoms. The smallest absolute Gasteiger partial charge is 0.119 e. The van der Waals surface area contributed by atoms with Gasteiger partial charge in [0.2, 0.25) is 0 Å². The number of methoxy groups -OCH3 is 1. The van der Waals surface area contributed by atoms with Crippen LogP contribution in [0.2, 0.25) is 0 Å². The highest BCUT2D eigenvalue weighted by Gasteiger charge is 2.10. The summed E-state index contributed by atoms with van der Waals surface area (Å²) < 4.78 is 7.50. The summed E-state index contributed by atoms with van der Waals surface area (Å²) in [5.74, 6) is 0.887. The van der Waals surface area contributed by atoms with Crippen LogP contribution in [0.25, 0.3) is 5.69 Å². The monoisotopic (exact) mass is 272 g/mol. The van der Waals surface area contributed by atoms with E-state index in [9.17, 15) is 0 Å². The largest absolute Gasteiger partial charge is 0.497 e. The molecule has 1 aromatic heterocycles. The molecule has 2 aromatic rings. The lowest BCUT2D eigenvalue weighted by Crippen LogP contribution is -2.22. The van der Waals surface area contributed by atoms with Crippen LogP contribution in [-0.2, 0) is 6.54 Å². The lowest BCUT2D eigenvalue weighted by Gasteiger charge is -2.12. The lowest BCUT2D eigenvalue weighted by atomic mass is 10.2. The summed E-state index contributed by atoms with van der Waals surface area (Å²) in [5, 5.41) is 3.48. The minimum atomic E-state index is 0.499. The van der Waals surface area contributed by atoms with E-state index in [1.165, 1.54) is 22.6 Å². The van der Waals surface area contributed by atoms with Gasteiger partial charge in [-0.15, -0.1) is 0 Å². The molecule has 0 saturated carbocycles. The van der Waals surface area contributed by atoms with Crippen molar-refractivity contribution in [2.75, 3.05) is 7.11 Å². The number of nitrogens with one attached hydrogen (secondary N) is 1. The Hall–Kier alpha value is -1.74. The van der Waals surface area contributed by atoms with Gasteiger partial charge in [0.25, 0.3) is 0 Å². The standard InChI is InChI=1S/C17H24N2O/c1-12(2)18-11-15-10-13(3)19(14(15)4)16-6-8-17(20-5)9-7-16/h6-10,12,18H,11H2,1-5H3. The average Bonchev–Trinajstić information content (AvgIpc) is 2.71. The number of hydrogen-bond acceptors (Lipinski definition) is 2. The van der Waals surface area contributed by atoms with Gasteiger partial charge in [-0.05, 0) is 49.7 Å². The number of rotatable bonds is 5. The summed E-state index contributed by atoms with van der Waals surface area (Å²) in [6, 6.07) is 10.9. The molecule has 0 aliphatic carbocycles. The van der Waals surface area contributed by atoms with Crippen molar-refractivity contribution >= 4 is 0 Å². The molecule has 0 fully saturated rings. The van der Waals surface area contributed by atoms with Crippen LogP contribution in [0.5, 0.6) is 5.75 Å². The van der Waals surface area contributed by atoms with Crippen LogP contribution in [0.15, 0.2) is 30.3 Å². The van der Waals surface area contributed by atoms with Gasteiger partial charge in [0, 0.05) is 29.7 Å². The van der Waals surface area contributed by atoms with Crippen molar-refractivity contribution in [3.8, 4) is 11.4 Å². The maximum absolute atomic E-state index is 5.22. The fourth-order valence-electron chi connectivity index (χ4n) is 2.45. The SMILES string of the molecule is COc1ccc(-n2c(C)cc(CNC(C)C)c2C)cc1.